The number of aliphatic hydroxyl groups excluding tert-OH is 2. The van der Waals surface area contributed by atoms with Crippen molar-refractivity contribution >= 4 is 55.1 Å². The van der Waals surface area contributed by atoms with Crippen LogP contribution in [0.4, 0.5) is 0 Å². The highest BCUT2D eigenvalue weighted by atomic mass is 32.1. The second-order valence-electron chi connectivity index (χ2n) is 9.01. The van der Waals surface area contributed by atoms with Gasteiger partial charge in [0, 0.05) is 28.6 Å². The van der Waals surface area contributed by atoms with Crippen LogP contribution in [0.1, 0.15) is 21.1 Å². The molecule has 210 valence electrons. The lowest BCUT2D eigenvalue weighted by Crippen LogP contribution is -2.40. The Labute approximate surface area is 245 Å². The lowest BCUT2D eigenvalue weighted by atomic mass is 10.1. The summed E-state index contributed by atoms with van der Waals surface area (Å²) in [6.07, 6.45) is 1.88. The number of amides is 1. The molecule has 0 bridgehead atoms. The Morgan fingerprint density at radius 2 is 1.88 bits per heavy atom. The Morgan fingerprint density at radius 3 is 2.61 bits per heavy atom. The molecule has 0 radical (unpaired) electrons. The van der Waals surface area contributed by atoms with Crippen LogP contribution >= 0.6 is 34.0 Å². The molecular formula is C27H24N6O5S3. The van der Waals surface area contributed by atoms with Gasteiger partial charge in [0.15, 0.2) is 0 Å². The van der Waals surface area contributed by atoms with Crippen molar-refractivity contribution in [2.45, 2.75) is 19.6 Å². The summed E-state index contributed by atoms with van der Waals surface area (Å²) in [6, 6.07) is 10.0. The summed E-state index contributed by atoms with van der Waals surface area (Å²) >= 11 is 4.50. The van der Waals surface area contributed by atoms with Crippen LogP contribution in [0.15, 0.2) is 48.0 Å². The standard InChI is InChI=1S/C27H24N6O5S3/c1-14-32-33-9-21(31-27(33)40-14)26-30-20-7-19(37-2)8-22(23(20)41-26)38-12-18-13-39-25(29-18)16-5-3-15(4-6-16)24(36)28-17(10-34)11-35/h3-9,13,17,34-35H,10-12H2,1-2H3,(H,28,36). The van der Waals surface area contributed by atoms with E-state index in [1.54, 1.807) is 23.8 Å². The van der Waals surface area contributed by atoms with Gasteiger partial charge in [0.1, 0.15) is 38.8 Å². The molecule has 0 aliphatic rings. The molecule has 2 aromatic carbocycles. The third-order valence-electron chi connectivity index (χ3n) is 6.13. The number of hydrogen-bond acceptors (Lipinski definition) is 12. The maximum absolute atomic E-state index is 12.3. The number of nitrogens with one attached hydrogen (secondary N) is 1. The van der Waals surface area contributed by atoms with Gasteiger partial charge in [-0.3, -0.25) is 4.79 Å². The van der Waals surface area contributed by atoms with Gasteiger partial charge in [-0.15, -0.1) is 22.7 Å². The first kappa shape index (κ1) is 27.2. The van der Waals surface area contributed by atoms with Crippen molar-refractivity contribution in [2.24, 2.45) is 0 Å². The fourth-order valence-electron chi connectivity index (χ4n) is 4.05. The SMILES string of the molecule is COc1cc(OCc2csc(-c3ccc(C(=O)NC(CO)CO)cc3)n2)c2sc(-c3cn4nc(C)sc4n3)nc2c1. The highest BCUT2D eigenvalue weighted by Crippen LogP contribution is 2.39. The minimum Gasteiger partial charge on any atom is -0.497 e. The number of methoxy groups -OCH3 is 1. The maximum Gasteiger partial charge on any atom is 0.251 e. The number of aromatic nitrogens is 5. The summed E-state index contributed by atoms with van der Waals surface area (Å²) in [6.45, 7) is 1.52. The van der Waals surface area contributed by atoms with E-state index in [2.05, 4.69) is 15.4 Å². The number of aliphatic hydroxyl groups is 2. The summed E-state index contributed by atoms with van der Waals surface area (Å²) in [5.74, 6) is 0.917. The number of hydrogen-bond donors (Lipinski definition) is 3. The van der Waals surface area contributed by atoms with E-state index in [0.717, 1.165) is 47.2 Å². The fraction of sp³-hybridized carbons (Fsp3) is 0.222. The van der Waals surface area contributed by atoms with Crippen LogP contribution in [-0.4, -0.2) is 67.1 Å². The quantitative estimate of drug-likeness (QED) is 0.209. The molecule has 0 aliphatic heterocycles. The van der Waals surface area contributed by atoms with Crippen molar-refractivity contribution in [3.8, 4) is 32.8 Å². The molecule has 0 spiro atoms. The van der Waals surface area contributed by atoms with E-state index in [0.29, 0.717) is 17.1 Å². The third kappa shape index (κ3) is 5.64. The maximum atomic E-state index is 12.3. The minimum atomic E-state index is -0.698. The number of imidazole rings is 1. The van der Waals surface area contributed by atoms with Gasteiger partial charge >= 0.3 is 0 Å². The Kier molecular flexibility index (Phi) is 7.64. The molecule has 6 aromatic rings. The number of benzene rings is 2. The molecule has 3 N–H and O–H groups in total. The van der Waals surface area contributed by atoms with Gasteiger partial charge in [0.2, 0.25) is 4.96 Å². The molecule has 0 saturated carbocycles. The van der Waals surface area contributed by atoms with Crippen LogP contribution in [0.2, 0.25) is 0 Å². The molecule has 0 fully saturated rings. The fourth-order valence-corrected chi connectivity index (χ4v) is 6.56. The van der Waals surface area contributed by atoms with Crippen molar-refractivity contribution in [3.05, 3.63) is 64.2 Å². The van der Waals surface area contributed by atoms with Crippen molar-refractivity contribution in [2.75, 3.05) is 20.3 Å². The van der Waals surface area contributed by atoms with Gasteiger partial charge < -0.3 is 25.0 Å². The molecule has 11 nitrogen and oxygen atoms in total. The Morgan fingerprint density at radius 1 is 1.07 bits per heavy atom. The van der Waals surface area contributed by atoms with E-state index in [-0.39, 0.29) is 25.7 Å². The number of rotatable bonds is 10. The van der Waals surface area contributed by atoms with Crippen molar-refractivity contribution in [1.29, 1.82) is 0 Å². The average molecular weight is 609 g/mol. The van der Waals surface area contributed by atoms with Crippen LogP contribution in [0.3, 0.4) is 0 Å². The predicted molar refractivity (Wildman–Crippen MR) is 158 cm³/mol. The predicted octanol–water partition coefficient (Wildman–Crippen LogP) is 4.17. The normalized spacial score (nSPS) is 11.5. The first-order chi connectivity index (χ1) is 19.9. The zero-order chi connectivity index (χ0) is 28.5. The molecule has 0 aliphatic carbocycles. The summed E-state index contributed by atoms with van der Waals surface area (Å²) in [5, 5.41) is 29.8. The zero-order valence-electron chi connectivity index (χ0n) is 21.9. The van der Waals surface area contributed by atoms with Gasteiger partial charge in [0.05, 0.1) is 48.5 Å². The molecule has 4 heterocycles. The molecule has 0 unspecified atom stereocenters. The molecule has 14 heteroatoms. The zero-order valence-corrected chi connectivity index (χ0v) is 24.3. The second kappa shape index (κ2) is 11.5. The summed E-state index contributed by atoms with van der Waals surface area (Å²) in [7, 11) is 1.61. The van der Waals surface area contributed by atoms with Crippen LogP contribution in [0, 0.1) is 6.92 Å². The monoisotopic (exact) mass is 608 g/mol. The molecule has 41 heavy (non-hydrogen) atoms. The molecule has 0 atom stereocenters. The number of thiazole rings is 2. The van der Waals surface area contributed by atoms with E-state index in [1.165, 1.54) is 34.0 Å². The lowest BCUT2D eigenvalue weighted by molar-refractivity contribution is 0.0879. The summed E-state index contributed by atoms with van der Waals surface area (Å²) in [5.41, 5.74) is 3.56. The van der Waals surface area contributed by atoms with Gasteiger partial charge in [0.25, 0.3) is 5.91 Å². The number of fused-ring (bicyclic) bond motifs is 2. The van der Waals surface area contributed by atoms with Crippen molar-refractivity contribution in [1.82, 2.24) is 29.9 Å². The molecule has 6 rings (SSSR count). The number of nitrogens with zero attached hydrogens (tertiary/aromatic N) is 5. The van der Waals surface area contributed by atoms with Crippen LogP contribution in [0.25, 0.3) is 36.5 Å². The Hall–Kier alpha value is -3.95. The van der Waals surface area contributed by atoms with Crippen molar-refractivity contribution < 1.29 is 24.5 Å². The van der Waals surface area contributed by atoms with Gasteiger partial charge in [-0.2, -0.15) is 5.10 Å². The minimum absolute atomic E-state index is 0.250. The Bertz CT molecular complexity index is 1810. The molecule has 1 amide bonds. The number of aryl methyl sites for hydroxylation is 1. The van der Waals surface area contributed by atoms with E-state index in [1.807, 2.05) is 42.8 Å². The third-order valence-corrected chi connectivity index (χ3v) is 9.01. The van der Waals surface area contributed by atoms with Crippen LogP contribution in [-0.2, 0) is 6.61 Å². The highest BCUT2D eigenvalue weighted by Gasteiger charge is 2.17. The average Bonchev–Trinajstić information content (AvgIpc) is 3.77. The molecule has 0 saturated heterocycles. The highest BCUT2D eigenvalue weighted by molar-refractivity contribution is 7.22. The van der Waals surface area contributed by atoms with Crippen LogP contribution in [0.5, 0.6) is 11.5 Å². The summed E-state index contributed by atoms with van der Waals surface area (Å²) in [4.78, 5) is 27.3. The van der Waals surface area contributed by atoms with Crippen LogP contribution < -0.4 is 14.8 Å². The summed E-state index contributed by atoms with van der Waals surface area (Å²) < 4.78 is 14.4. The first-order valence-corrected chi connectivity index (χ1v) is 15.0. The van der Waals surface area contributed by atoms with Gasteiger partial charge in [-0.1, -0.05) is 23.5 Å². The Balaban J connectivity index is 1.18. The largest absolute Gasteiger partial charge is 0.497 e. The van der Waals surface area contributed by atoms with E-state index >= 15 is 0 Å². The molecule has 4 aromatic heterocycles. The number of carbonyl (C=O) groups is 1. The molecular weight excluding hydrogens is 585 g/mol. The second-order valence-corrected chi connectivity index (χ2v) is 12.0. The van der Waals surface area contributed by atoms with E-state index in [9.17, 15) is 15.0 Å². The topological polar surface area (TPSA) is 144 Å². The van der Waals surface area contributed by atoms with E-state index < -0.39 is 6.04 Å². The van der Waals surface area contributed by atoms with Gasteiger partial charge in [-0.25, -0.2) is 19.5 Å². The smallest absolute Gasteiger partial charge is 0.251 e. The number of carbonyl (C=O) groups excluding carboxylic acids is 1. The van der Waals surface area contributed by atoms with Crippen molar-refractivity contribution in [3.63, 3.8) is 0 Å². The lowest BCUT2D eigenvalue weighted by Gasteiger charge is -2.13. The first-order valence-electron chi connectivity index (χ1n) is 12.5. The number of ether oxygens (including phenoxy) is 2. The van der Waals surface area contributed by atoms with E-state index in [4.69, 9.17) is 19.4 Å². The van der Waals surface area contributed by atoms with Gasteiger partial charge in [-0.05, 0) is 19.1 Å².